The molecule has 2 saturated heterocycles. The van der Waals surface area contributed by atoms with Crippen LogP contribution in [0.5, 0.6) is 0 Å². The maximum atomic E-state index is 12.7. The van der Waals surface area contributed by atoms with Gasteiger partial charge in [0.25, 0.3) is 5.56 Å². The molecule has 2 aliphatic rings. The molecule has 1 aromatic rings. The van der Waals surface area contributed by atoms with Crippen LogP contribution in [0.25, 0.3) is 0 Å². The molecule has 3 heterocycles. The third kappa shape index (κ3) is 11.3. The average molecular weight is 627 g/mol. The first-order chi connectivity index (χ1) is 21.2. The van der Waals surface area contributed by atoms with Gasteiger partial charge in [-0.05, 0) is 6.42 Å². The number of aromatic amines is 1. The van der Waals surface area contributed by atoms with E-state index in [9.17, 15) is 29.7 Å². The molecule has 7 N–H and O–H groups in total. The molecule has 0 spiro atoms. The third-order valence-electron chi connectivity index (χ3n) is 8.52. The van der Waals surface area contributed by atoms with Gasteiger partial charge in [0.05, 0.1) is 6.10 Å². The number of nitrogens with two attached hydrogens (primary N) is 1. The van der Waals surface area contributed by atoms with Gasteiger partial charge in [0.1, 0.15) is 30.5 Å². The van der Waals surface area contributed by atoms with Crippen molar-refractivity contribution in [3.8, 4) is 0 Å². The van der Waals surface area contributed by atoms with Crippen molar-refractivity contribution in [2.24, 2.45) is 5.73 Å². The lowest BCUT2D eigenvalue weighted by Crippen LogP contribution is -2.45. The van der Waals surface area contributed by atoms with Crippen molar-refractivity contribution in [3.05, 3.63) is 33.1 Å². The first kappa shape index (κ1) is 36.3. The molecule has 0 unspecified atom stereocenters. The highest BCUT2D eigenvalue weighted by Crippen LogP contribution is 2.32. The number of nitrogens with one attached hydrogen (secondary N) is 2. The van der Waals surface area contributed by atoms with Crippen LogP contribution < -0.4 is 22.3 Å². The molecular formula is C31H54N4O9. The van der Waals surface area contributed by atoms with E-state index in [0.29, 0.717) is 6.42 Å². The number of ether oxygens (including phenoxy) is 3. The molecule has 3 rings (SSSR count). The molecule has 8 atom stereocenters. The van der Waals surface area contributed by atoms with E-state index >= 15 is 0 Å². The van der Waals surface area contributed by atoms with E-state index in [2.05, 4.69) is 17.2 Å². The van der Waals surface area contributed by atoms with Gasteiger partial charge in [-0.2, -0.15) is 0 Å². The summed E-state index contributed by atoms with van der Waals surface area (Å²) in [5, 5.41) is 34.2. The van der Waals surface area contributed by atoms with Crippen molar-refractivity contribution in [1.82, 2.24) is 14.9 Å². The largest absolute Gasteiger partial charge is 0.388 e. The zero-order valence-electron chi connectivity index (χ0n) is 26.1. The summed E-state index contributed by atoms with van der Waals surface area (Å²) in [7, 11) is 0. The van der Waals surface area contributed by atoms with Crippen LogP contribution in [0.1, 0.15) is 109 Å². The number of hydrogen-bond acceptors (Lipinski definition) is 10. The van der Waals surface area contributed by atoms with Crippen molar-refractivity contribution in [3.63, 3.8) is 0 Å². The summed E-state index contributed by atoms with van der Waals surface area (Å²) < 4.78 is 18.6. The number of carbonyl (C=O) groups is 1. The van der Waals surface area contributed by atoms with Crippen molar-refractivity contribution in [2.45, 2.75) is 152 Å². The van der Waals surface area contributed by atoms with Crippen molar-refractivity contribution in [1.29, 1.82) is 0 Å². The molecule has 0 aliphatic carbocycles. The highest BCUT2D eigenvalue weighted by Gasteiger charge is 2.47. The van der Waals surface area contributed by atoms with Crippen molar-refractivity contribution in [2.75, 3.05) is 13.1 Å². The molecule has 0 bridgehead atoms. The summed E-state index contributed by atoms with van der Waals surface area (Å²) in [4.78, 5) is 38.6. The van der Waals surface area contributed by atoms with Crippen LogP contribution in [0.2, 0.25) is 0 Å². The van der Waals surface area contributed by atoms with Crippen LogP contribution in [-0.2, 0) is 19.0 Å². The summed E-state index contributed by atoms with van der Waals surface area (Å²) in [5.41, 5.74) is 4.30. The van der Waals surface area contributed by atoms with Crippen molar-refractivity contribution < 1.29 is 34.3 Å². The predicted octanol–water partition coefficient (Wildman–Crippen LogP) is 1.57. The number of aliphatic hydroxyl groups excluding tert-OH is 3. The second-order valence-electron chi connectivity index (χ2n) is 12.1. The van der Waals surface area contributed by atoms with Gasteiger partial charge in [0.2, 0.25) is 5.91 Å². The SMILES string of the molecule is CCCCCCCCCCCCCCCC(=O)NC[C@H](O[C@@H]1O[C@H](CN)[C@@H](O)[C@H]1O)[C@@H]1C[C@@H](O)[C@H](n2ccc(=O)[nH]c2=O)O1. The number of unbranched alkanes of at least 4 members (excludes halogenated alkanes) is 12. The van der Waals surface area contributed by atoms with Gasteiger partial charge in [0.15, 0.2) is 12.5 Å². The lowest BCUT2D eigenvalue weighted by Gasteiger charge is -2.28. The lowest BCUT2D eigenvalue weighted by atomic mass is 10.0. The fourth-order valence-electron chi connectivity index (χ4n) is 5.87. The number of H-pyrrole nitrogens is 1. The van der Waals surface area contributed by atoms with E-state index in [1.165, 1.54) is 70.4 Å². The monoisotopic (exact) mass is 626 g/mol. The van der Waals surface area contributed by atoms with Gasteiger partial charge in [-0.15, -0.1) is 0 Å². The average Bonchev–Trinajstić information content (AvgIpc) is 3.51. The summed E-state index contributed by atoms with van der Waals surface area (Å²) in [6, 6.07) is 1.15. The maximum Gasteiger partial charge on any atom is 0.330 e. The second kappa shape index (κ2) is 19.4. The standard InChI is InChI=1S/C31H54N4O9/c1-2-3-4-5-6-7-8-9-10-11-12-13-14-15-25(37)33-20-24(44-30-28(40)27(39)23(19-32)43-30)22-18-21(36)29(42-22)35-17-16-26(38)34-31(35)41/h16-17,21-24,27-30,36,39-40H,2-15,18-20,32H2,1H3,(H,33,37)(H,34,38,41)/t21-,22+,23-,24+,27-,28-,29-,30+/m1/s1. The number of rotatable bonds is 21. The Kier molecular flexibility index (Phi) is 16.0. The zero-order valence-corrected chi connectivity index (χ0v) is 26.1. The zero-order chi connectivity index (χ0) is 31.9. The summed E-state index contributed by atoms with van der Waals surface area (Å²) >= 11 is 0. The van der Waals surface area contributed by atoms with Gasteiger partial charge in [-0.1, -0.05) is 84.0 Å². The Labute approximate surface area is 259 Å². The summed E-state index contributed by atoms with van der Waals surface area (Å²) in [6.07, 6.45) is 8.81. The Bertz CT molecular complexity index is 1080. The Hall–Kier alpha value is -2.13. The molecule has 1 amide bonds. The van der Waals surface area contributed by atoms with Gasteiger partial charge >= 0.3 is 5.69 Å². The fraction of sp³-hybridized carbons (Fsp3) is 0.839. The minimum atomic E-state index is -1.38. The number of aromatic nitrogens is 2. The van der Waals surface area contributed by atoms with Crippen LogP contribution in [0, 0.1) is 0 Å². The van der Waals surface area contributed by atoms with Gasteiger partial charge in [-0.25, -0.2) is 4.79 Å². The smallest absolute Gasteiger partial charge is 0.330 e. The topological polar surface area (TPSA) is 198 Å². The molecule has 1 aromatic heterocycles. The van der Waals surface area contributed by atoms with E-state index in [0.717, 1.165) is 29.9 Å². The van der Waals surface area contributed by atoms with Gasteiger partial charge in [0, 0.05) is 38.2 Å². The van der Waals surface area contributed by atoms with E-state index in [4.69, 9.17) is 19.9 Å². The first-order valence-electron chi connectivity index (χ1n) is 16.5. The highest BCUT2D eigenvalue weighted by atomic mass is 16.7. The Morgan fingerprint density at radius 3 is 2.18 bits per heavy atom. The molecular weight excluding hydrogens is 572 g/mol. The van der Waals surface area contributed by atoms with Crippen molar-refractivity contribution >= 4 is 5.91 Å². The van der Waals surface area contributed by atoms with E-state index in [1.807, 2.05) is 0 Å². The molecule has 13 nitrogen and oxygen atoms in total. The minimum Gasteiger partial charge on any atom is -0.388 e. The number of carbonyl (C=O) groups excluding carboxylic acids is 1. The van der Waals surface area contributed by atoms with E-state index in [-0.39, 0.29) is 25.4 Å². The number of amides is 1. The molecule has 0 saturated carbocycles. The Morgan fingerprint density at radius 1 is 1.00 bits per heavy atom. The summed E-state index contributed by atoms with van der Waals surface area (Å²) in [6.45, 7) is 2.19. The van der Waals surface area contributed by atoms with Crippen LogP contribution in [-0.4, -0.2) is 86.8 Å². The lowest BCUT2D eigenvalue weighted by molar-refractivity contribution is -0.213. The van der Waals surface area contributed by atoms with Gasteiger partial charge < -0.3 is 40.6 Å². The maximum absolute atomic E-state index is 12.7. The van der Waals surface area contributed by atoms with Crippen LogP contribution >= 0.6 is 0 Å². The van der Waals surface area contributed by atoms with Gasteiger partial charge in [-0.3, -0.25) is 19.1 Å². The molecule has 252 valence electrons. The Morgan fingerprint density at radius 2 is 1.61 bits per heavy atom. The Balaban J connectivity index is 1.44. The first-order valence-corrected chi connectivity index (χ1v) is 16.5. The highest BCUT2D eigenvalue weighted by molar-refractivity contribution is 5.75. The van der Waals surface area contributed by atoms with Crippen LogP contribution in [0.3, 0.4) is 0 Å². The fourth-order valence-corrected chi connectivity index (χ4v) is 5.87. The van der Waals surface area contributed by atoms with Crippen LogP contribution in [0.4, 0.5) is 0 Å². The quantitative estimate of drug-likeness (QED) is 0.109. The molecule has 0 radical (unpaired) electrons. The minimum absolute atomic E-state index is 0.0160. The van der Waals surface area contributed by atoms with E-state index in [1.54, 1.807) is 0 Å². The molecule has 2 fully saturated rings. The second-order valence-corrected chi connectivity index (χ2v) is 12.1. The van der Waals surface area contributed by atoms with Crippen LogP contribution in [0.15, 0.2) is 21.9 Å². The molecule has 0 aromatic carbocycles. The summed E-state index contributed by atoms with van der Waals surface area (Å²) in [5.74, 6) is -0.165. The number of hydrogen-bond donors (Lipinski definition) is 6. The molecule has 13 heteroatoms. The third-order valence-corrected chi connectivity index (χ3v) is 8.52. The predicted molar refractivity (Wildman–Crippen MR) is 164 cm³/mol. The van der Waals surface area contributed by atoms with E-state index < -0.39 is 60.4 Å². The molecule has 2 aliphatic heterocycles. The molecule has 44 heavy (non-hydrogen) atoms. The number of aliphatic hydroxyl groups is 3. The number of nitrogens with zero attached hydrogens (tertiary/aromatic N) is 1. The normalized spacial score (nSPS) is 27.5.